The number of likely N-dealkylation sites (N-methyl/N-ethyl adjacent to an activating group) is 1. The Balaban J connectivity index is 1.27. The molecule has 4 aromatic carbocycles. The summed E-state index contributed by atoms with van der Waals surface area (Å²) in [6.45, 7) is 0.839. The van der Waals surface area contributed by atoms with E-state index in [0.29, 0.717) is 36.0 Å². The number of hydrogen-bond acceptors (Lipinski definition) is 7. The summed E-state index contributed by atoms with van der Waals surface area (Å²) >= 11 is 7.61. The minimum Gasteiger partial charge on any atom is -0.444 e. The molecule has 0 aromatic heterocycles. The molecule has 1 N–H and O–H groups in total. The van der Waals surface area contributed by atoms with Crippen LogP contribution in [0.1, 0.15) is 17.5 Å². The highest BCUT2D eigenvalue weighted by Gasteiger charge is 2.39. The van der Waals surface area contributed by atoms with Crippen LogP contribution in [0, 0.1) is 10.7 Å². The largest absolute Gasteiger partial charge is 0.444 e. The highest BCUT2D eigenvalue weighted by Crippen LogP contribution is 2.34. The second kappa shape index (κ2) is 13.1. The van der Waals surface area contributed by atoms with E-state index in [0.717, 1.165) is 32.1 Å². The van der Waals surface area contributed by atoms with Crippen LogP contribution >= 0.6 is 23.4 Å². The van der Waals surface area contributed by atoms with Crippen molar-refractivity contribution in [2.45, 2.75) is 35.4 Å². The van der Waals surface area contributed by atoms with Crippen LogP contribution in [-0.4, -0.2) is 49.3 Å². The van der Waals surface area contributed by atoms with Crippen molar-refractivity contribution in [2.75, 3.05) is 18.9 Å². The van der Waals surface area contributed by atoms with Crippen LogP contribution in [-0.2, 0) is 32.7 Å². The lowest BCUT2D eigenvalue weighted by molar-refractivity contribution is -0.131. The fourth-order valence-electron chi connectivity index (χ4n) is 4.93. The van der Waals surface area contributed by atoms with E-state index in [1.54, 1.807) is 23.1 Å². The number of thioether (sulfide) groups is 1. The van der Waals surface area contributed by atoms with Crippen LogP contribution < -0.4 is 5.32 Å². The second-order valence-corrected chi connectivity index (χ2v) is 13.2. The lowest BCUT2D eigenvalue weighted by Gasteiger charge is -2.24. The fraction of sp³-hybridized carbons (Fsp3) is 0.194. The average Bonchev–Trinajstić information content (AvgIpc) is 3.37. The van der Waals surface area contributed by atoms with Gasteiger partial charge in [-0.25, -0.2) is 13.2 Å². The summed E-state index contributed by atoms with van der Waals surface area (Å²) in [4.78, 5) is 28.0. The van der Waals surface area contributed by atoms with Crippen molar-refractivity contribution in [1.29, 1.82) is 5.26 Å². The van der Waals surface area contributed by atoms with Crippen LogP contribution in [0.5, 0.6) is 0 Å². The molecule has 0 unspecified atom stereocenters. The molecule has 43 heavy (non-hydrogen) atoms. The molecule has 0 radical (unpaired) electrons. The van der Waals surface area contributed by atoms with Gasteiger partial charge in [0.15, 0.2) is 0 Å². The van der Waals surface area contributed by atoms with Crippen molar-refractivity contribution in [3.63, 3.8) is 0 Å². The first-order chi connectivity index (χ1) is 20.7. The van der Waals surface area contributed by atoms with E-state index in [1.807, 2.05) is 60.0 Å². The van der Waals surface area contributed by atoms with Gasteiger partial charge in [-0.3, -0.25) is 10.1 Å². The molecule has 0 bridgehead atoms. The minimum atomic E-state index is -4.02. The average molecular weight is 635 g/mol. The summed E-state index contributed by atoms with van der Waals surface area (Å²) in [6, 6.07) is 23.5. The Bertz CT molecular complexity index is 1830. The third-order valence-corrected chi connectivity index (χ3v) is 10.0. The van der Waals surface area contributed by atoms with Gasteiger partial charge in [-0.05, 0) is 65.0 Å². The lowest BCUT2D eigenvalue weighted by Crippen LogP contribution is -2.42. The first-order valence-electron chi connectivity index (χ1n) is 13.3. The lowest BCUT2D eigenvalue weighted by atomic mass is 10.1. The van der Waals surface area contributed by atoms with Crippen molar-refractivity contribution in [1.82, 2.24) is 9.21 Å². The molecule has 1 heterocycles. The van der Waals surface area contributed by atoms with Crippen molar-refractivity contribution in [2.24, 2.45) is 0 Å². The molecule has 1 atom stereocenters. The molecule has 1 aliphatic heterocycles. The predicted molar refractivity (Wildman–Crippen MR) is 166 cm³/mol. The molecule has 2 amide bonds. The van der Waals surface area contributed by atoms with Crippen molar-refractivity contribution in [3.05, 3.63) is 101 Å². The monoisotopic (exact) mass is 634 g/mol. The van der Waals surface area contributed by atoms with Gasteiger partial charge in [-0.15, -0.1) is 0 Å². The number of halogens is 1. The number of carbonyl (C=O) groups is 2. The van der Waals surface area contributed by atoms with Crippen molar-refractivity contribution in [3.8, 4) is 5.40 Å². The number of sulfonamides is 1. The zero-order valence-corrected chi connectivity index (χ0v) is 25.5. The summed E-state index contributed by atoms with van der Waals surface area (Å²) in [6.07, 6.45) is -0.314. The van der Waals surface area contributed by atoms with Crippen LogP contribution in [0.15, 0.2) is 94.7 Å². The molecule has 12 heteroatoms. The van der Waals surface area contributed by atoms with E-state index in [-0.39, 0.29) is 22.4 Å². The highest BCUT2D eigenvalue weighted by atomic mass is 35.5. The number of nitriles is 1. The van der Waals surface area contributed by atoms with Gasteiger partial charge in [-0.2, -0.15) is 9.57 Å². The quantitative estimate of drug-likeness (QED) is 0.171. The van der Waals surface area contributed by atoms with Gasteiger partial charge in [-0.1, -0.05) is 66.2 Å². The molecular weight excluding hydrogens is 608 g/mol. The molecule has 1 aliphatic rings. The van der Waals surface area contributed by atoms with Gasteiger partial charge in [0.05, 0.1) is 15.6 Å². The number of nitrogens with one attached hydrogen (secondary N) is 1. The molecular formula is C31H27ClN4O5S2. The topological polar surface area (TPSA) is 120 Å². The van der Waals surface area contributed by atoms with Gasteiger partial charge < -0.3 is 9.64 Å². The predicted octanol–water partition coefficient (Wildman–Crippen LogP) is 6.24. The van der Waals surface area contributed by atoms with Crippen LogP contribution in [0.25, 0.3) is 10.8 Å². The number of hydrogen-bond donors (Lipinski definition) is 1. The molecule has 0 spiro atoms. The first-order valence-corrected chi connectivity index (χ1v) is 15.9. The van der Waals surface area contributed by atoms with Gasteiger partial charge in [0.1, 0.15) is 18.0 Å². The molecule has 1 saturated heterocycles. The summed E-state index contributed by atoms with van der Waals surface area (Å²) in [5, 5.41) is 14.9. The number of nitrogens with zero attached hydrogens (tertiary/aromatic N) is 3. The Labute approximate surface area is 259 Å². The summed E-state index contributed by atoms with van der Waals surface area (Å²) in [5.41, 5.74) is 2.03. The van der Waals surface area contributed by atoms with E-state index < -0.39 is 22.2 Å². The van der Waals surface area contributed by atoms with E-state index >= 15 is 0 Å². The zero-order valence-electron chi connectivity index (χ0n) is 23.1. The van der Waals surface area contributed by atoms with Crippen LogP contribution in [0.2, 0.25) is 5.02 Å². The molecule has 4 aromatic rings. The molecule has 0 aliphatic carbocycles. The maximum Gasteiger partial charge on any atom is 0.412 e. The number of anilines is 1. The fourth-order valence-corrected chi connectivity index (χ4v) is 7.05. The number of likely N-dealkylation sites (tertiary alicyclic amines) is 1. The molecule has 0 saturated carbocycles. The Morgan fingerprint density at radius 1 is 1.09 bits per heavy atom. The van der Waals surface area contributed by atoms with Crippen LogP contribution in [0.4, 0.5) is 10.5 Å². The highest BCUT2D eigenvalue weighted by molar-refractivity contribution is 8.03. The Hall–Kier alpha value is -4.08. The van der Waals surface area contributed by atoms with Gasteiger partial charge in [0.2, 0.25) is 15.9 Å². The SMILES string of the molecule is CN([C@H]1CCN(Cc2cccc(SC#N)c2)C1=O)S(=O)(=O)c1ccc2c(Cl)c(NC(=O)OCc3ccccc3)ccc2c1. The summed E-state index contributed by atoms with van der Waals surface area (Å²) in [7, 11) is -2.61. The molecule has 220 valence electrons. The molecule has 1 fully saturated rings. The number of thiocyanates is 1. The normalized spacial score (nSPS) is 15.1. The standard InChI is InChI=1S/C31H27ClN4O5S2/c1-35(28-14-15-36(30(28)37)18-22-8-5-9-24(16-22)42-20-33)43(39,40)25-11-12-26-23(17-25)10-13-27(29(26)32)34-31(38)41-19-21-6-3-2-4-7-21/h2-13,16-17,28H,14-15,18-19H2,1H3,(H,34,38)/t28-/m0/s1. The van der Waals surface area contributed by atoms with Gasteiger partial charge >= 0.3 is 6.09 Å². The minimum absolute atomic E-state index is 0.0222. The molecule has 9 nitrogen and oxygen atoms in total. The van der Waals surface area contributed by atoms with E-state index in [2.05, 4.69) is 5.32 Å². The third kappa shape index (κ3) is 6.78. The van der Waals surface area contributed by atoms with Crippen molar-refractivity contribution >= 4 is 61.8 Å². The first kappa shape index (κ1) is 30.4. The van der Waals surface area contributed by atoms with E-state index in [1.165, 1.54) is 19.2 Å². The van der Waals surface area contributed by atoms with E-state index in [4.69, 9.17) is 21.6 Å². The Morgan fingerprint density at radius 2 is 1.86 bits per heavy atom. The van der Waals surface area contributed by atoms with Crippen molar-refractivity contribution < 1.29 is 22.7 Å². The van der Waals surface area contributed by atoms with E-state index in [9.17, 15) is 18.0 Å². The Kier molecular flexibility index (Phi) is 9.22. The Morgan fingerprint density at radius 3 is 2.63 bits per heavy atom. The van der Waals surface area contributed by atoms with Gasteiger partial charge in [0.25, 0.3) is 0 Å². The maximum atomic E-state index is 13.6. The second-order valence-electron chi connectivity index (χ2n) is 9.92. The van der Waals surface area contributed by atoms with Gasteiger partial charge in [0, 0.05) is 30.4 Å². The maximum absolute atomic E-state index is 13.6. The van der Waals surface area contributed by atoms with Crippen LogP contribution in [0.3, 0.4) is 0 Å². The third-order valence-electron chi connectivity index (χ3n) is 7.20. The summed E-state index contributed by atoms with van der Waals surface area (Å²) < 4.78 is 33.6. The molecule has 5 rings (SSSR count). The number of fused-ring (bicyclic) bond motifs is 1. The summed E-state index contributed by atoms with van der Waals surface area (Å²) in [5.74, 6) is -0.275. The number of benzene rings is 4. The zero-order chi connectivity index (χ0) is 30.6. The number of carbonyl (C=O) groups excluding carboxylic acids is 2. The number of amides is 2. The number of rotatable bonds is 9. The smallest absolute Gasteiger partial charge is 0.412 e. The number of ether oxygens (including phenoxy) is 1.